The Morgan fingerprint density at radius 3 is 2.27 bits per heavy atom. The van der Waals surface area contributed by atoms with Crippen LogP contribution in [0.4, 0.5) is 4.79 Å². The predicted molar refractivity (Wildman–Crippen MR) is 159 cm³/mol. The number of thiophene rings is 1. The average Bonchev–Trinajstić information content (AvgIpc) is 3.42. The Morgan fingerprint density at radius 1 is 0.975 bits per heavy atom. The van der Waals surface area contributed by atoms with Crippen molar-refractivity contribution < 1.29 is 19.1 Å². The van der Waals surface area contributed by atoms with Crippen LogP contribution in [0.25, 0.3) is 11.1 Å². The second-order valence-electron chi connectivity index (χ2n) is 11.5. The van der Waals surface area contributed by atoms with Gasteiger partial charge in [0.05, 0.1) is 6.04 Å². The number of hydrogen-bond donors (Lipinski definition) is 3. The second kappa shape index (κ2) is 13.1. The largest absolute Gasteiger partial charge is 0.444 e. The molecule has 0 radical (unpaired) electrons. The Labute approximate surface area is 240 Å². The summed E-state index contributed by atoms with van der Waals surface area (Å²) in [5, 5.41) is 8.31. The van der Waals surface area contributed by atoms with Gasteiger partial charge in [0.2, 0.25) is 11.8 Å². The highest BCUT2D eigenvalue weighted by Gasteiger charge is 2.29. The predicted octanol–water partition coefficient (Wildman–Crippen LogP) is 6.25. The van der Waals surface area contributed by atoms with Gasteiger partial charge in [-0.15, -0.1) is 11.3 Å². The van der Waals surface area contributed by atoms with Crippen molar-refractivity contribution in [3.8, 4) is 11.1 Å². The summed E-state index contributed by atoms with van der Waals surface area (Å²) < 4.78 is 5.34. The summed E-state index contributed by atoms with van der Waals surface area (Å²) in [6.07, 6.45) is 3.68. The van der Waals surface area contributed by atoms with Crippen LogP contribution in [0.5, 0.6) is 0 Å². The van der Waals surface area contributed by atoms with Crippen LogP contribution in [0.3, 0.4) is 0 Å². The van der Waals surface area contributed by atoms with E-state index in [0.717, 1.165) is 47.3 Å². The van der Waals surface area contributed by atoms with Crippen molar-refractivity contribution in [3.63, 3.8) is 0 Å². The van der Waals surface area contributed by atoms with Crippen LogP contribution in [0.2, 0.25) is 0 Å². The molecule has 1 aromatic heterocycles. The minimum Gasteiger partial charge on any atom is -0.444 e. The van der Waals surface area contributed by atoms with Gasteiger partial charge < -0.3 is 21.1 Å². The monoisotopic (exact) mass is 561 g/mol. The van der Waals surface area contributed by atoms with Crippen molar-refractivity contribution in [3.05, 3.63) is 82.0 Å². The first kappa shape index (κ1) is 29.3. The topological polar surface area (TPSA) is 111 Å². The third-order valence-corrected chi connectivity index (χ3v) is 8.26. The molecule has 0 saturated heterocycles. The lowest BCUT2D eigenvalue weighted by Gasteiger charge is -2.29. The van der Waals surface area contributed by atoms with E-state index < -0.39 is 17.6 Å². The minimum atomic E-state index is -0.519. The van der Waals surface area contributed by atoms with E-state index in [1.54, 1.807) is 23.5 Å². The van der Waals surface area contributed by atoms with E-state index in [9.17, 15) is 14.4 Å². The number of alkyl carbamates (subject to hydrolysis) is 1. The molecule has 1 aliphatic rings. The highest BCUT2D eigenvalue weighted by molar-refractivity contribution is 7.10. The van der Waals surface area contributed by atoms with Crippen molar-refractivity contribution >= 4 is 29.2 Å². The van der Waals surface area contributed by atoms with Crippen molar-refractivity contribution in [2.45, 2.75) is 64.5 Å². The Balaban J connectivity index is 1.38. The maximum atomic E-state index is 13.4. The number of rotatable bonds is 9. The fourth-order valence-corrected chi connectivity index (χ4v) is 6.02. The standard InChI is InChI=1S/C32H39N3O4S/c1-32(2,3)39-31(38)34-19-22-9-11-25(12-10-22)30(37)35-27(17-21-7-5-4-6-8-21)28-18-26(20-40-28)23-13-15-24(16-14-23)29(33)36/h4-8,13-16,18,20,22,25,27H,9-12,17,19H2,1-3H3,(H2,33,36)(H,34,38)(H,35,37)/t22-,25-,27?. The number of ether oxygens (including phenoxy) is 1. The number of benzene rings is 2. The smallest absolute Gasteiger partial charge is 0.407 e. The van der Waals surface area contributed by atoms with E-state index in [2.05, 4.69) is 34.2 Å². The number of amides is 3. The molecule has 7 nitrogen and oxygen atoms in total. The number of primary amides is 1. The molecule has 3 aromatic rings. The lowest BCUT2D eigenvalue weighted by molar-refractivity contribution is -0.127. The van der Waals surface area contributed by atoms with Crippen LogP contribution < -0.4 is 16.4 Å². The van der Waals surface area contributed by atoms with E-state index >= 15 is 0 Å². The van der Waals surface area contributed by atoms with Crippen LogP contribution >= 0.6 is 11.3 Å². The first-order valence-electron chi connectivity index (χ1n) is 13.9. The number of nitrogens with two attached hydrogens (primary N) is 1. The Bertz CT molecular complexity index is 1290. The van der Waals surface area contributed by atoms with Crippen LogP contribution in [0.15, 0.2) is 66.0 Å². The lowest BCUT2D eigenvalue weighted by Crippen LogP contribution is -2.39. The zero-order valence-corrected chi connectivity index (χ0v) is 24.3. The van der Waals surface area contributed by atoms with Crippen LogP contribution in [0, 0.1) is 11.8 Å². The van der Waals surface area contributed by atoms with Gasteiger partial charge in [0.15, 0.2) is 0 Å². The SMILES string of the molecule is CC(C)(C)OC(=O)NC[C@H]1CC[C@H](C(=O)NC(Cc2ccccc2)c2cc(-c3ccc(C(N)=O)cc3)cs2)CC1. The normalized spacial score (nSPS) is 18.0. The third-order valence-electron chi connectivity index (χ3n) is 7.22. The van der Waals surface area contributed by atoms with E-state index in [0.29, 0.717) is 24.4 Å². The van der Waals surface area contributed by atoms with Crippen LogP contribution in [0.1, 0.15) is 73.3 Å². The Morgan fingerprint density at radius 2 is 1.65 bits per heavy atom. The molecule has 1 heterocycles. The molecule has 3 amide bonds. The van der Waals surface area contributed by atoms with Gasteiger partial charge in [-0.3, -0.25) is 9.59 Å². The Hall–Kier alpha value is -3.65. The highest BCUT2D eigenvalue weighted by atomic mass is 32.1. The van der Waals surface area contributed by atoms with Gasteiger partial charge in [0, 0.05) is 22.9 Å². The van der Waals surface area contributed by atoms with Gasteiger partial charge >= 0.3 is 6.09 Å². The summed E-state index contributed by atoms with van der Waals surface area (Å²) in [6, 6.07) is 19.4. The molecule has 4 N–H and O–H groups in total. The summed E-state index contributed by atoms with van der Waals surface area (Å²) in [7, 11) is 0. The number of nitrogens with one attached hydrogen (secondary N) is 2. The summed E-state index contributed by atoms with van der Waals surface area (Å²) in [6.45, 7) is 6.11. The maximum Gasteiger partial charge on any atom is 0.407 e. The summed E-state index contributed by atoms with van der Waals surface area (Å²) in [4.78, 5) is 38.0. The summed E-state index contributed by atoms with van der Waals surface area (Å²) in [5.74, 6) is -0.0638. The third kappa shape index (κ3) is 8.42. The van der Waals surface area contributed by atoms with Crippen molar-refractivity contribution in [1.82, 2.24) is 10.6 Å². The fourth-order valence-electron chi connectivity index (χ4n) is 5.05. The summed E-state index contributed by atoms with van der Waals surface area (Å²) in [5.41, 5.74) is 8.54. The zero-order chi connectivity index (χ0) is 28.7. The first-order chi connectivity index (χ1) is 19.1. The molecule has 1 fully saturated rings. The number of carbonyl (C=O) groups excluding carboxylic acids is 3. The molecule has 4 rings (SSSR count). The summed E-state index contributed by atoms with van der Waals surface area (Å²) >= 11 is 1.63. The molecule has 2 aromatic carbocycles. The highest BCUT2D eigenvalue weighted by Crippen LogP contribution is 2.33. The molecule has 1 saturated carbocycles. The van der Waals surface area contributed by atoms with Gasteiger partial charge in [-0.05, 0) is 99.1 Å². The second-order valence-corrected chi connectivity index (χ2v) is 12.5. The molecule has 1 aliphatic carbocycles. The Kier molecular flexibility index (Phi) is 9.63. The van der Waals surface area contributed by atoms with Gasteiger partial charge in [-0.1, -0.05) is 42.5 Å². The van der Waals surface area contributed by atoms with Gasteiger partial charge in [-0.2, -0.15) is 0 Å². The van der Waals surface area contributed by atoms with Gasteiger partial charge in [-0.25, -0.2) is 4.79 Å². The molecular weight excluding hydrogens is 522 g/mol. The van der Waals surface area contributed by atoms with Crippen molar-refractivity contribution in [2.24, 2.45) is 17.6 Å². The fraction of sp³-hybridized carbons (Fsp3) is 0.406. The maximum absolute atomic E-state index is 13.4. The quantitative estimate of drug-likeness (QED) is 0.287. The molecule has 8 heteroatoms. The lowest BCUT2D eigenvalue weighted by atomic mass is 9.81. The minimum absolute atomic E-state index is 0.0446. The molecule has 212 valence electrons. The van der Waals surface area contributed by atoms with Crippen molar-refractivity contribution in [1.29, 1.82) is 0 Å². The van der Waals surface area contributed by atoms with E-state index in [4.69, 9.17) is 10.5 Å². The average molecular weight is 562 g/mol. The first-order valence-corrected chi connectivity index (χ1v) is 14.7. The number of hydrogen-bond acceptors (Lipinski definition) is 5. The molecule has 0 bridgehead atoms. The van der Waals surface area contributed by atoms with E-state index in [1.165, 1.54) is 0 Å². The zero-order valence-electron chi connectivity index (χ0n) is 23.4. The molecular formula is C32H39N3O4S. The molecule has 0 aliphatic heterocycles. The van der Waals surface area contributed by atoms with Crippen molar-refractivity contribution in [2.75, 3.05) is 6.54 Å². The van der Waals surface area contributed by atoms with Gasteiger partial charge in [0.1, 0.15) is 5.60 Å². The van der Waals surface area contributed by atoms with Crippen LogP contribution in [-0.4, -0.2) is 30.1 Å². The molecule has 0 spiro atoms. The van der Waals surface area contributed by atoms with E-state index in [-0.39, 0.29) is 17.9 Å². The number of carbonyl (C=O) groups is 3. The van der Waals surface area contributed by atoms with Gasteiger partial charge in [0.25, 0.3) is 0 Å². The molecule has 1 atom stereocenters. The van der Waals surface area contributed by atoms with Crippen LogP contribution in [-0.2, 0) is 16.0 Å². The molecule has 40 heavy (non-hydrogen) atoms. The van der Waals surface area contributed by atoms with E-state index in [1.807, 2.05) is 51.1 Å². The molecule has 1 unspecified atom stereocenters.